The third-order valence-corrected chi connectivity index (χ3v) is 1.24. The normalized spacial score (nSPS) is 10.3. The van der Waals surface area contributed by atoms with E-state index in [9.17, 15) is 9.59 Å². The van der Waals surface area contributed by atoms with Crippen LogP contribution in [0.3, 0.4) is 0 Å². The van der Waals surface area contributed by atoms with Crippen molar-refractivity contribution >= 4 is 12.3 Å². The minimum atomic E-state index is -1.03. The molecule has 0 spiro atoms. The molecule has 17 heavy (non-hydrogen) atoms. The standard InChI is InChI=1S/C9H10N2O6/c1-7(17-9(13)15-5-3-11)6-16-8(12)14-4-2-10/h7H,4-6H2,1H3. The Labute approximate surface area is 97.2 Å². The molecule has 0 aliphatic rings. The van der Waals surface area contributed by atoms with Gasteiger partial charge in [0.1, 0.15) is 24.8 Å². The smallest absolute Gasteiger partial charge is 0.430 e. The van der Waals surface area contributed by atoms with E-state index in [-0.39, 0.29) is 6.61 Å². The van der Waals surface area contributed by atoms with Crippen LogP contribution in [0.2, 0.25) is 0 Å². The van der Waals surface area contributed by atoms with E-state index in [1.54, 1.807) is 12.1 Å². The third kappa shape index (κ3) is 8.51. The lowest BCUT2D eigenvalue weighted by molar-refractivity contribution is -0.00514. The summed E-state index contributed by atoms with van der Waals surface area (Å²) in [6.07, 6.45) is -2.82. The number of carbonyl (C=O) groups is 2. The Morgan fingerprint density at radius 3 is 2.12 bits per heavy atom. The molecule has 0 radical (unpaired) electrons. The maximum atomic E-state index is 10.8. The Hall–Kier alpha value is -2.48. The van der Waals surface area contributed by atoms with E-state index in [1.165, 1.54) is 6.92 Å². The summed E-state index contributed by atoms with van der Waals surface area (Å²) < 4.78 is 17.7. The van der Waals surface area contributed by atoms with Gasteiger partial charge in [-0.25, -0.2) is 9.59 Å². The van der Waals surface area contributed by atoms with Gasteiger partial charge in [-0.2, -0.15) is 10.5 Å². The molecular formula is C9H10N2O6. The van der Waals surface area contributed by atoms with Crippen LogP contribution in [-0.4, -0.2) is 38.2 Å². The molecule has 8 heteroatoms. The molecule has 0 N–H and O–H groups in total. The second kappa shape index (κ2) is 8.80. The van der Waals surface area contributed by atoms with E-state index in [4.69, 9.17) is 10.5 Å². The maximum Gasteiger partial charge on any atom is 0.509 e. The van der Waals surface area contributed by atoms with Gasteiger partial charge in [0.05, 0.1) is 0 Å². The van der Waals surface area contributed by atoms with Gasteiger partial charge in [0.25, 0.3) is 0 Å². The van der Waals surface area contributed by atoms with Crippen LogP contribution in [0.25, 0.3) is 0 Å². The van der Waals surface area contributed by atoms with Crippen molar-refractivity contribution in [3.63, 3.8) is 0 Å². The lowest BCUT2D eigenvalue weighted by atomic mass is 10.4. The van der Waals surface area contributed by atoms with E-state index in [0.29, 0.717) is 0 Å². The van der Waals surface area contributed by atoms with Crippen LogP contribution in [0.1, 0.15) is 6.92 Å². The summed E-state index contributed by atoms with van der Waals surface area (Å²) in [5, 5.41) is 16.2. The molecule has 1 unspecified atom stereocenters. The van der Waals surface area contributed by atoms with Crippen LogP contribution in [0.4, 0.5) is 9.59 Å². The second-order valence-corrected chi connectivity index (χ2v) is 2.63. The summed E-state index contributed by atoms with van der Waals surface area (Å²) in [4.78, 5) is 21.6. The van der Waals surface area contributed by atoms with Crippen LogP contribution in [0.15, 0.2) is 0 Å². The van der Waals surface area contributed by atoms with E-state index >= 15 is 0 Å². The number of ether oxygens (including phenoxy) is 4. The number of hydrogen-bond donors (Lipinski definition) is 0. The zero-order valence-corrected chi connectivity index (χ0v) is 9.04. The fourth-order valence-electron chi connectivity index (χ4n) is 0.642. The van der Waals surface area contributed by atoms with Crippen molar-refractivity contribution in [3.05, 3.63) is 0 Å². The second-order valence-electron chi connectivity index (χ2n) is 2.63. The van der Waals surface area contributed by atoms with Crippen molar-refractivity contribution < 1.29 is 28.5 Å². The fraction of sp³-hybridized carbons (Fsp3) is 0.556. The fourth-order valence-corrected chi connectivity index (χ4v) is 0.642. The van der Waals surface area contributed by atoms with E-state index in [2.05, 4.69) is 18.9 Å². The highest BCUT2D eigenvalue weighted by Crippen LogP contribution is 1.97. The van der Waals surface area contributed by atoms with Gasteiger partial charge in [0.2, 0.25) is 0 Å². The van der Waals surface area contributed by atoms with Gasteiger partial charge in [-0.1, -0.05) is 0 Å². The molecule has 0 aliphatic heterocycles. The largest absolute Gasteiger partial charge is 0.509 e. The monoisotopic (exact) mass is 242 g/mol. The molecule has 0 fully saturated rings. The number of nitriles is 2. The predicted molar refractivity (Wildman–Crippen MR) is 50.4 cm³/mol. The topological polar surface area (TPSA) is 119 Å². The first kappa shape index (κ1) is 14.5. The van der Waals surface area contributed by atoms with Gasteiger partial charge < -0.3 is 18.9 Å². The summed E-state index contributed by atoms with van der Waals surface area (Å²) in [5.41, 5.74) is 0. The molecule has 0 heterocycles. The number of rotatable bonds is 5. The number of carbonyl (C=O) groups excluding carboxylic acids is 2. The predicted octanol–water partition coefficient (Wildman–Crippen LogP) is 0.728. The minimum Gasteiger partial charge on any atom is -0.430 e. The van der Waals surface area contributed by atoms with Crippen molar-refractivity contribution in [3.8, 4) is 12.1 Å². The molecule has 0 saturated heterocycles. The van der Waals surface area contributed by atoms with Crippen LogP contribution in [0, 0.1) is 22.7 Å². The SMILES string of the molecule is CC(COC(=O)OCC#N)OC(=O)OCC#N. The zero-order valence-electron chi connectivity index (χ0n) is 9.04. The molecule has 0 saturated carbocycles. The van der Waals surface area contributed by atoms with Crippen molar-refractivity contribution in [1.29, 1.82) is 10.5 Å². The van der Waals surface area contributed by atoms with Gasteiger partial charge in [0, 0.05) is 0 Å². The summed E-state index contributed by atoms with van der Waals surface area (Å²) >= 11 is 0. The highest BCUT2D eigenvalue weighted by Gasteiger charge is 2.13. The first-order chi connectivity index (χ1) is 8.10. The lowest BCUT2D eigenvalue weighted by Gasteiger charge is -2.12. The Balaban J connectivity index is 3.69. The average molecular weight is 242 g/mol. The molecular weight excluding hydrogens is 232 g/mol. The van der Waals surface area contributed by atoms with Gasteiger partial charge >= 0.3 is 12.3 Å². The summed E-state index contributed by atoms with van der Waals surface area (Å²) in [5.74, 6) is 0. The molecule has 0 aromatic rings. The van der Waals surface area contributed by atoms with Gasteiger partial charge in [0.15, 0.2) is 13.2 Å². The molecule has 0 aromatic carbocycles. The van der Waals surface area contributed by atoms with E-state index < -0.39 is 31.6 Å². The molecule has 0 amide bonds. The average Bonchev–Trinajstić information content (AvgIpc) is 2.31. The van der Waals surface area contributed by atoms with Crippen LogP contribution in [0.5, 0.6) is 0 Å². The van der Waals surface area contributed by atoms with Crippen LogP contribution in [-0.2, 0) is 18.9 Å². The molecule has 8 nitrogen and oxygen atoms in total. The van der Waals surface area contributed by atoms with Crippen LogP contribution < -0.4 is 0 Å². The zero-order chi connectivity index (χ0) is 13.1. The first-order valence-electron chi connectivity index (χ1n) is 4.47. The Kier molecular flexibility index (Phi) is 7.51. The van der Waals surface area contributed by atoms with Gasteiger partial charge in [-0.05, 0) is 6.92 Å². The summed E-state index contributed by atoms with van der Waals surface area (Å²) in [6.45, 7) is 0.367. The van der Waals surface area contributed by atoms with Crippen molar-refractivity contribution in [2.75, 3.05) is 19.8 Å². The van der Waals surface area contributed by atoms with Gasteiger partial charge in [-0.3, -0.25) is 0 Å². The molecule has 0 bridgehead atoms. The molecule has 92 valence electrons. The Morgan fingerprint density at radius 1 is 1.06 bits per heavy atom. The quantitative estimate of drug-likeness (QED) is 0.647. The van der Waals surface area contributed by atoms with Crippen LogP contribution >= 0.6 is 0 Å². The number of nitrogens with zero attached hydrogens (tertiary/aromatic N) is 2. The Morgan fingerprint density at radius 2 is 1.59 bits per heavy atom. The first-order valence-corrected chi connectivity index (χ1v) is 4.47. The third-order valence-electron chi connectivity index (χ3n) is 1.24. The van der Waals surface area contributed by atoms with Gasteiger partial charge in [-0.15, -0.1) is 0 Å². The molecule has 0 aromatic heterocycles. The summed E-state index contributed by atoms with van der Waals surface area (Å²) in [6, 6.07) is 3.17. The molecule has 1 atom stereocenters. The van der Waals surface area contributed by atoms with E-state index in [0.717, 1.165) is 0 Å². The van der Waals surface area contributed by atoms with Crippen molar-refractivity contribution in [2.24, 2.45) is 0 Å². The van der Waals surface area contributed by atoms with Crippen molar-refractivity contribution in [2.45, 2.75) is 13.0 Å². The van der Waals surface area contributed by atoms with Crippen molar-refractivity contribution in [1.82, 2.24) is 0 Å². The Bertz CT molecular complexity index is 342. The minimum absolute atomic E-state index is 0.244. The number of hydrogen-bond acceptors (Lipinski definition) is 8. The molecule has 0 aliphatic carbocycles. The maximum absolute atomic E-state index is 10.8. The molecule has 0 rings (SSSR count). The summed E-state index contributed by atoms with van der Waals surface area (Å²) in [7, 11) is 0. The van der Waals surface area contributed by atoms with E-state index in [1.807, 2.05) is 0 Å². The highest BCUT2D eigenvalue weighted by molar-refractivity contribution is 5.61. The highest BCUT2D eigenvalue weighted by atomic mass is 16.7. The lowest BCUT2D eigenvalue weighted by Crippen LogP contribution is -2.23.